The summed E-state index contributed by atoms with van der Waals surface area (Å²) in [6.45, 7) is 4.40. The molecule has 4 heteroatoms. The Bertz CT molecular complexity index is 585. The predicted octanol–water partition coefficient (Wildman–Crippen LogP) is 3.20. The molecule has 0 saturated carbocycles. The van der Waals surface area contributed by atoms with E-state index in [0.29, 0.717) is 6.54 Å². The van der Waals surface area contributed by atoms with E-state index in [4.69, 9.17) is 5.73 Å². The minimum absolute atomic E-state index is 0. The molecular weight excluding hydrogens is 296 g/mol. The Morgan fingerprint density at radius 2 is 1.59 bits per heavy atom. The predicted molar refractivity (Wildman–Crippen MR) is 93.1 cm³/mol. The molecule has 0 heterocycles. The summed E-state index contributed by atoms with van der Waals surface area (Å²) in [6.07, 6.45) is 0. The molecule has 22 heavy (non-hydrogen) atoms. The molecule has 1 amide bonds. The first-order valence-electron chi connectivity index (χ1n) is 7.19. The van der Waals surface area contributed by atoms with Gasteiger partial charge in [0.05, 0.1) is 0 Å². The molecule has 118 valence electrons. The molecule has 2 aromatic carbocycles. The molecule has 0 aromatic heterocycles. The van der Waals surface area contributed by atoms with Crippen LogP contribution in [0.5, 0.6) is 0 Å². The second-order valence-electron chi connectivity index (χ2n) is 5.59. The number of carbonyl (C=O) groups is 1. The van der Waals surface area contributed by atoms with Crippen LogP contribution in [-0.4, -0.2) is 12.5 Å². The summed E-state index contributed by atoms with van der Waals surface area (Å²) in [7, 11) is 0. The summed E-state index contributed by atoms with van der Waals surface area (Å²) in [5.74, 6) is 0.0956. The van der Waals surface area contributed by atoms with Crippen LogP contribution in [0.25, 0.3) is 0 Å². The van der Waals surface area contributed by atoms with E-state index < -0.39 is 5.54 Å². The fourth-order valence-electron chi connectivity index (χ4n) is 2.24. The molecule has 0 spiro atoms. The molecule has 0 aliphatic carbocycles. The van der Waals surface area contributed by atoms with Gasteiger partial charge in [-0.1, -0.05) is 67.6 Å². The van der Waals surface area contributed by atoms with Crippen LogP contribution in [0.15, 0.2) is 60.7 Å². The maximum atomic E-state index is 12.4. The smallest absolute Gasteiger partial charge is 0.244 e. The summed E-state index contributed by atoms with van der Waals surface area (Å²) in [5, 5.41) is 2.96. The number of amides is 1. The number of halogens is 1. The zero-order valence-electron chi connectivity index (χ0n) is 13.0. The van der Waals surface area contributed by atoms with E-state index in [1.165, 1.54) is 5.56 Å². The molecule has 2 aromatic rings. The molecule has 2 rings (SSSR count). The van der Waals surface area contributed by atoms with Crippen LogP contribution in [0.2, 0.25) is 0 Å². The maximum absolute atomic E-state index is 12.4. The summed E-state index contributed by atoms with van der Waals surface area (Å²) >= 11 is 0. The van der Waals surface area contributed by atoms with Crippen LogP contribution >= 0.6 is 12.4 Å². The van der Waals surface area contributed by atoms with Gasteiger partial charge >= 0.3 is 0 Å². The molecule has 3 nitrogen and oxygen atoms in total. The lowest BCUT2D eigenvalue weighted by molar-refractivity contribution is -0.126. The summed E-state index contributed by atoms with van der Waals surface area (Å²) in [5.41, 5.74) is 7.20. The van der Waals surface area contributed by atoms with Crippen molar-refractivity contribution in [1.82, 2.24) is 5.32 Å². The van der Waals surface area contributed by atoms with Crippen LogP contribution in [0.4, 0.5) is 0 Å². The standard InChI is InChI=1S/C18H22N2O.ClH/c1-14(15-9-5-3-6-10-15)13-20-17(21)18(2,19)16-11-7-4-8-12-16;/h3-12,14H,13,19H2,1-2H3,(H,20,21);1H. The fraction of sp³-hybridized carbons (Fsp3) is 0.278. The quantitative estimate of drug-likeness (QED) is 0.889. The van der Waals surface area contributed by atoms with Gasteiger partial charge in [-0.05, 0) is 24.0 Å². The SMILES string of the molecule is CC(CNC(=O)C(C)(N)c1ccccc1)c1ccccc1.Cl. The first-order chi connectivity index (χ1) is 10.0. The summed E-state index contributed by atoms with van der Waals surface area (Å²) in [4.78, 5) is 12.4. The molecular formula is C18H23ClN2O. The van der Waals surface area contributed by atoms with Crippen molar-refractivity contribution in [3.05, 3.63) is 71.8 Å². The number of nitrogens with one attached hydrogen (secondary N) is 1. The number of carbonyl (C=O) groups excluding carboxylic acids is 1. The highest BCUT2D eigenvalue weighted by Gasteiger charge is 2.30. The van der Waals surface area contributed by atoms with Crippen LogP contribution in [0.3, 0.4) is 0 Å². The Kier molecular flexibility index (Phi) is 6.60. The van der Waals surface area contributed by atoms with Crippen molar-refractivity contribution in [2.75, 3.05) is 6.54 Å². The first-order valence-corrected chi connectivity index (χ1v) is 7.19. The van der Waals surface area contributed by atoms with Gasteiger partial charge in [0.15, 0.2) is 0 Å². The van der Waals surface area contributed by atoms with Gasteiger partial charge in [0.25, 0.3) is 0 Å². The second kappa shape index (κ2) is 7.97. The van der Waals surface area contributed by atoms with Gasteiger partial charge in [-0.25, -0.2) is 0 Å². The first kappa shape index (κ1) is 18.2. The minimum atomic E-state index is -1.02. The van der Waals surface area contributed by atoms with Crippen molar-refractivity contribution in [2.24, 2.45) is 5.73 Å². The van der Waals surface area contributed by atoms with Crippen molar-refractivity contribution in [1.29, 1.82) is 0 Å². The molecule has 0 radical (unpaired) electrons. The lowest BCUT2D eigenvalue weighted by atomic mass is 9.92. The van der Waals surface area contributed by atoms with E-state index in [-0.39, 0.29) is 24.2 Å². The van der Waals surface area contributed by atoms with Crippen molar-refractivity contribution in [3.63, 3.8) is 0 Å². The Balaban J connectivity index is 0.00000242. The lowest BCUT2D eigenvalue weighted by Gasteiger charge is -2.25. The zero-order valence-corrected chi connectivity index (χ0v) is 13.8. The molecule has 0 saturated heterocycles. The fourth-order valence-corrected chi connectivity index (χ4v) is 2.24. The van der Waals surface area contributed by atoms with E-state index in [2.05, 4.69) is 24.4 Å². The highest BCUT2D eigenvalue weighted by molar-refractivity contribution is 5.87. The van der Waals surface area contributed by atoms with E-state index in [1.807, 2.05) is 48.5 Å². The van der Waals surface area contributed by atoms with Crippen molar-refractivity contribution >= 4 is 18.3 Å². The Labute approximate surface area is 138 Å². The number of hydrogen-bond donors (Lipinski definition) is 2. The summed E-state index contributed by atoms with van der Waals surface area (Å²) < 4.78 is 0. The van der Waals surface area contributed by atoms with Crippen LogP contribution < -0.4 is 11.1 Å². The number of rotatable bonds is 5. The van der Waals surface area contributed by atoms with Crippen LogP contribution in [0.1, 0.15) is 30.9 Å². The third kappa shape index (κ3) is 4.33. The lowest BCUT2D eigenvalue weighted by Crippen LogP contribution is -2.49. The van der Waals surface area contributed by atoms with Gasteiger partial charge in [0.1, 0.15) is 5.54 Å². The minimum Gasteiger partial charge on any atom is -0.354 e. The van der Waals surface area contributed by atoms with Gasteiger partial charge < -0.3 is 11.1 Å². The average molecular weight is 319 g/mol. The van der Waals surface area contributed by atoms with E-state index >= 15 is 0 Å². The van der Waals surface area contributed by atoms with Crippen LogP contribution in [-0.2, 0) is 10.3 Å². The van der Waals surface area contributed by atoms with Crippen molar-refractivity contribution in [3.8, 4) is 0 Å². The Morgan fingerprint density at radius 1 is 1.09 bits per heavy atom. The number of hydrogen-bond acceptors (Lipinski definition) is 2. The van der Waals surface area contributed by atoms with Gasteiger partial charge in [-0.15, -0.1) is 12.4 Å². The van der Waals surface area contributed by atoms with Gasteiger partial charge in [0.2, 0.25) is 5.91 Å². The molecule has 0 aliphatic rings. The highest BCUT2D eigenvalue weighted by Crippen LogP contribution is 2.18. The Hall–Kier alpha value is -1.84. The van der Waals surface area contributed by atoms with Crippen molar-refractivity contribution in [2.45, 2.75) is 25.3 Å². The molecule has 2 unspecified atom stereocenters. The topological polar surface area (TPSA) is 55.1 Å². The molecule has 3 N–H and O–H groups in total. The monoisotopic (exact) mass is 318 g/mol. The zero-order chi connectivity index (χ0) is 15.3. The normalized spacial score (nSPS) is 14.3. The third-order valence-electron chi connectivity index (χ3n) is 3.78. The van der Waals surface area contributed by atoms with Gasteiger partial charge in [-0.3, -0.25) is 4.79 Å². The largest absolute Gasteiger partial charge is 0.354 e. The highest BCUT2D eigenvalue weighted by atomic mass is 35.5. The third-order valence-corrected chi connectivity index (χ3v) is 3.78. The van der Waals surface area contributed by atoms with Gasteiger partial charge in [0, 0.05) is 6.54 Å². The second-order valence-corrected chi connectivity index (χ2v) is 5.59. The van der Waals surface area contributed by atoms with Gasteiger partial charge in [-0.2, -0.15) is 0 Å². The molecule has 0 bridgehead atoms. The number of benzene rings is 2. The number of nitrogens with two attached hydrogens (primary N) is 1. The van der Waals surface area contributed by atoms with E-state index in [1.54, 1.807) is 6.92 Å². The average Bonchev–Trinajstić information content (AvgIpc) is 2.53. The molecule has 0 fully saturated rings. The van der Waals surface area contributed by atoms with Crippen molar-refractivity contribution < 1.29 is 4.79 Å². The Morgan fingerprint density at radius 3 is 2.14 bits per heavy atom. The van der Waals surface area contributed by atoms with E-state index in [0.717, 1.165) is 5.56 Å². The molecule has 2 atom stereocenters. The molecule has 0 aliphatic heterocycles. The maximum Gasteiger partial charge on any atom is 0.244 e. The van der Waals surface area contributed by atoms with E-state index in [9.17, 15) is 4.79 Å². The van der Waals surface area contributed by atoms with Crippen LogP contribution in [0, 0.1) is 0 Å². The summed E-state index contributed by atoms with van der Waals surface area (Å²) in [6, 6.07) is 19.6.